The summed E-state index contributed by atoms with van der Waals surface area (Å²) < 4.78 is 38.3. The van der Waals surface area contributed by atoms with Gasteiger partial charge in [0.1, 0.15) is 0 Å². The monoisotopic (exact) mass is 436 g/mol. The topological polar surface area (TPSA) is 86.3 Å². The molecule has 0 saturated heterocycles. The second-order valence-corrected chi connectivity index (χ2v) is 6.73. The highest BCUT2D eigenvalue weighted by Gasteiger charge is 2.31. The SMILES string of the molecule is O=C(CCC(=O)Nc1cc(C(F)(F)F)ccc1Cl)NN=Cc1c[nH]c2ccccc12. The van der Waals surface area contributed by atoms with E-state index in [9.17, 15) is 22.8 Å². The summed E-state index contributed by atoms with van der Waals surface area (Å²) >= 11 is 5.83. The van der Waals surface area contributed by atoms with Gasteiger partial charge in [0, 0.05) is 35.5 Å². The lowest BCUT2D eigenvalue weighted by atomic mass is 10.2. The number of hydrazone groups is 1. The number of carbonyl (C=O) groups excluding carboxylic acids is 2. The molecule has 0 unspecified atom stereocenters. The van der Waals surface area contributed by atoms with E-state index in [1.807, 2.05) is 24.3 Å². The van der Waals surface area contributed by atoms with Crippen LogP contribution in [-0.4, -0.2) is 23.0 Å². The Kier molecular flexibility index (Phi) is 6.41. The predicted octanol–water partition coefficient (Wildman–Crippen LogP) is 4.71. The Morgan fingerprint density at radius 2 is 1.83 bits per heavy atom. The van der Waals surface area contributed by atoms with E-state index in [1.54, 1.807) is 6.20 Å². The van der Waals surface area contributed by atoms with Gasteiger partial charge in [-0.1, -0.05) is 29.8 Å². The Morgan fingerprint density at radius 1 is 1.10 bits per heavy atom. The van der Waals surface area contributed by atoms with Crippen molar-refractivity contribution < 1.29 is 22.8 Å². The van der Waals surface area contributed by atoms with Gasteiger partial charge in [-0.3, -0.25) is 9.59 Å². The number of para-hydroxylation sites is 1. The molecule has 0 saturated carbocycles. The number of aromatic amines is 1. The molecule has 156 valence electrons. The largest absolute Gasteiger partial charge is 0.416 e. The standard InChI is InChI=1S/C20H16ClF3N4O2/c21-15-6-5-13(20(22,23)24)9-17(15)27-18(29)7-8-19(30)28-26-11-12-10-25-16-4-2-1-3-14(12)16/h1-6,9-11,25H,7-8H2,(H,27,29)(H,28,30). The number of anilines is 1. The van der Waals surface area contributed by atoms with Gasteiger partial charge in [-0.25, -0.2) is 5.43 Å². The number of rotatable bonds is 6. The van der Waals surface area contributed by atoms with Gasteiger partial charge < -0.3 is 10.3 Å². The smallest absolute Gasteiger partial charge is 0.361 e. The number of benzene rings is 2. The molecular weight excluding hydrogens is 421 g/mol. The van der Waals surface area contributed by atoms with Crippen LogP contribution < -0.4 is 10.7 Å². The van der Waals surface area contributed by atoms with Crippen molar-refractivity contribution in [2.24, 2.45) is 5.10 Å². The molecule has 3 rings (SSSR count). The molecule has 0 aliphatic rings. The number of nitrogens with one attached hydrogen (secondary N) is 3. The first-order valence-corrected chi connectivity index (χ1v) is 9.16. The number of carbonyl (C=O) groups is 2. The van der Waals surface area contributed by atoms with E-state index in [-0.39, 0.29) is 23.6 Å². The normalized spacial score (nSPS) is 11.7. The summed E-state index contributed by atoms with van der Waals surface area (Å²) in [7, 11) is 0. The summed E-state index contributed by atoms with van der Waals surface area (Å²) in [6.45, 7) is 0. The lowest BCUT2D eigenvalue weighted by molar-refractivity contribution is -0.137. The number of amides is 2. The number of H-pyrrole nitrogens is 1. The van der Waals surface area contributed by atoms with Crippen molar-refractivity contribution in [3.05, 3.63) is 64.8 Å². The quantitative estimate of drug-likeness (QED) is 0.386. The lowest BCUT2D eigenvalue weighted by Gasteiger charge is -2.11. The minimum Gasteiger partial charge on any atom is -0.361 e. The Bertz CT molecular complexity index is 1110. The average Bonchev–Trinajstić information content (AvgIpc) is 3.10. The van der Waals surface area contributed by atoms with Gasteiger partial charge in [0.25, 0.3) is 0 Å². The summed E-state index contributed by atoms with van der Waals surface area (Å²) in [5, 5.41) is 7.04. The number of nitrogens with zero attached hydrogens (tertiary/aromatic N) is 1. The molecule has 0 aliphatic carbocycles. The van der Waals surface area contributed by atoms with Crippen molar-refractivity contribution >= 4 is 46.2 Å². The van der Waals surface area contributed by atoms with Crippen LogP contribution in [0.4, 0.5) is 18.9 Å². The van der Waals surface area contributed by atoms with Crippen molar-refractivity contribution in [2.75, 3.05) is 5.32 Å². The van der Waals surface area contributed by atoms with E-state index in [2.05, 4.69) is 20.8 Å². The van der Waals surface area contributed by atoms with Crippen LogP contribution in [0, 0.1) is 0 Å². The van der Waals surface area contributed by atoms with E-state index >= 15 is 0 Å². The van der Waals surface area contributed by atoms with Gasteiger partial charge >= 0.3 is 6.18 Å². The fraction of sp³-hybridized carbons (Fsp3) is 0.150. The Hall–Kier alpha value is -3.33. The number of halogens is 4. The van der Waals surface area contributed by atoms with Gasteiger partial charge in [-0.05, 0) is 24.3 Å². The number of alkyl halides is 3. The molecule has 0 spiro atoms. The maximum absolute atomic E-state index is 12.8. The minimum absolute atomic E-state index is 0.0378. The third kappa shape index (κ3) is 5.38. The molecule has 1 heterocycles. The number of hydrogen-bond donors (Lipinski definition) is 3. The maximum atomic E-state index is 12.8. The highest BCUT2D eigenvalue weighted by Crippen LogP contribution is 2.33. The maximum Gasteiger partial charge on any atom is 0.416 e. The third-order valence-electron chi connectivity index (χ3n) is 4.16. The second kappa shape index (κ2) is 9.00. The van der Waals surface area contributed by atoms with Crippen LogP contribution in [0.2, 0.25) is 5.02 Å². The van der Waals surface area contributed by atoms with E-state index in [0.29, 0.717) is 0 Å². The number of fused-ring (bicyclic) bond motifs is 1. The molecule has 0 atom stereocenters. The summed E-state index contributed by atoms with van der Waals surface area (Å²) in [5.41, 5.74) is 2.90. The van der Waals surface area contributed by atoms with Crippen LogP contribution in [0.5, 0.6) is 0 Å². The summed E-state index contributed by atoms with van der Waals surface area (Å²) in [5.74, 6) is -1.16. The fourth-order valence-electron chi connectivity index (χ4n) is 2.67. The molecule has 0 aliphatic heterocycles. The molecule has 6 nitrogen and oxygen atoms in total. The summed E-state index contributed by atoms with van der Waals surface area (Å²) in [6.07, 6.45) is -1.80. The third-order valence-corrected chi connectivity index (χ3v) is 4.49. The molecule has 10 heteroatoms. The van der Waals surface area contributed by atoms with Crippen molar-refractivity contribution in [3.8, 4) is 0 Å². The van der Waals surface area contributed by atoms with Crippen LogP contribution in [0.1, 0.15) is 24.0 Å². The van der Waals surface area contributed by atoms with Crippen LogP contribution in [0.15, 0.2) is 53.8 Å². The first-order valence-electron chi connectivity index (χ1n) is 8.78. The second-order valence-electron chi connectivity index (χ2n) is 6.32. The zero-order valence-electron chi connectivity index (χ0n) is 15.4. The molecule has 0 bridgehead atoms. The Balaban J connectivity index is 1.51. The van der Waals surface area contributed by atoms with Gasteiger partial charge in [0.2, 0.25) is 11.8 Å². The van der Waals surface area contributed by atoms with Crippen molar-refractivity contribution in [2.45, 2.75) is 19.0 Å². The lowest BCUT2D eigenvalue weighted by Crippen LogP contribution is -2.21. The first-order chi connectivity index (χ1) is 14.2. The summed E-state index contributed by atoms with van der Waals surface area (Å²) in [6, 6.07) is 10.2. The Labute approximate surface area is 174 Å². The molecule has 3 N–H and O–H groups in total. The van der Waals surface area contributed by atoms with Crippen LogP contribution >= 0.6 is 11.6 Å². The van der Waals surface area contributed by atoms with E-state index < -0.39 is 23.6 Å². The average molecular weight is 437 g/mol. The van der Waals surface area contributed by atoms with Crippen molar-refractivity contribution in [1.82, 2.24) is 10.4 Å². The zero-order chi connectivity index (χ0) is 21.7. The van der Waals surface area contributed by atoms with Crippen molar-refractivity contribution in [1.29, 1.82) is 0 Å². The van der Waals surface area contributed by atoms with Gasteiger partial charge in [0.05, 0.1) is 22.5 Å². The predicted molar refractivity (Wildman–Crippen MR) is 108 cm³/mol. The van der Waals surface area contributed by atoms with E-state index in [0.717, 1.165) is 34.7 Å². The fourth-order valence-corrected chi connectivity index (χ4v) is 2.83. The van der Waals surface area contributed by atoms with Crippen LogP contribution in [0.25, 0.3) is 10.9 Å². The molecule has 3 aromatic rings. The zero-order valence-corrected chi connectivity index (χ0v) is 16.1. The highest BCUT2D eigenvalue weighted by atomic mass is 35.5. The number of hydrogen-bond acceptors (Lipinski definition) is 3. The molecule has 30 heavy (non-hydrogen) atoms. The van der Waals surface area contributed by atoms with Gasteiger partial charge in [0.15, 0.2) is 0 Å². The molecule has 2 aromatic carbocycles. The minimum atomic E-state index is -4.56. The molecular formula is C20H16ClF3N4O2. The summed E-state index contributed by atoms with van der Waals surface area (Å²) in [4.78, 5) is 26.9. The van der Waals surface area contributed by atoms with Gasteiger partial charge in [-0.2, -0.15) is 18.3 Å². The first kappa shape index (κ1) is 21.4. The molecule has 1 aromatic heterocycles. The molecule has 0 radical (unpaired) electrons. The highest BCUT2D eigenvalue weighted by molar-refractivity contribution is 6.33. The van der Waals surface area contributed by atoms with E-state index in [1.165, 1.54) is 6.21 Å². The van der Waals surface area contributed by atoms with Crippen LogP contribution in [0.3, 0.4) is 0 Å². The van der Waals surface area contributed by atoms with Gasteiger partial charge in [-0.15, -0.1) is 0 Å². The van der Waals surface area contributed by atoms with E-state index in [4.69, 9.17) is 11.6 Å². The molecule has 2 amide bonds. The number of aromatic nitrogens is 1. The van der Waals surface area contributed by atoms with Crippen LogP contribution in [-0.2, 0) is 15.8 Å². The molecule has 0 fully saturated rings. The Morgan fingerprint density at radius 3 is 2.60 bits per heavy atom. The van der Waals surface area contributed by atoms with Crippen molar-refractivity contribution in [3.63, 3.8) is 0 Å².